The number of carbonyl (C=O) groups excluding carboxylic acids is 1. The van der Waals surface area contributed by atoms with Crippen molar-refractivity contribution in [2.24, 2.45) is 5.92 Å². The molecular weight excluding hydrogens is 361 g/mol. The van der Waals surface area contributed by atoms with Gasteiger partial charge in [-0.25, -0.2) is 9.18 Å². The largest absolute Gasteiger partial charge is 0.423 e. The molecule has 1 aliphatic rings. The third-order valence-corrected chi connectivity index (χ3v) is 4.62. The van der Waals surface area contributed by atoms with Crippen molar-refractivity contribution >= 4 is 5.97 Å². The summed E-state index contributed by atoms with van der Waals surface area (Å²) in [6.07, 6.45) is 2.51. The van der Waals surface area contributed by atoms with Gasteiger partial charge in [0, 0.05) is 11.5 Å². The summed E-state index contributed by atoms with van der Waals surface area (Å²) < 4.78 is 31.1. The van der Waals surface area contributed by atoms with E-state index >= 15 is 0 Å². The van der Waals surface area contributed by atoms with Crippen LogP contribution < -0.4 is 4.74 Å². The van der Waals surface area contributed by atoms with E-state index in [1.54, 1.807) is 0 Å². The molecule has 2 aromatic rings. The summed E-state index contributed by atoms with van der Waals surface area (Å²) in [6.45, 7) is 3.20. The maximum absolute atomic E-state index is 14.5. The number of rotatable bonds is 6. The van der Waals surface area contributed by atoms with Crippen LogP contribution in [0, 0.1) is 23.1 Å². The zero-order chi connectivity index (χ0) is 19.9. The lowest BCUT2D eigenvalue weighted by Gasteiger charge is -2.29. The summed E-state index contributed by atoms with van der Waals surface area (Å²) in [5, 5.41) is 8.79. The molecule has 0 atom stereocenters. The molecule has 0 spiro atoms. The second kappa shape index (κ2) is 9.45. The van der Waals surface area contributed by atoms with Gasteiger partial charge < -0.3 is 14.2 Å². The zero-order valence-corrected chi connectivity index (χ0v) is 15.7. The first-order valence-corrected chi connectivity index (χ1v) is 9.35. The van der Waals surface area contributed by atoms with Gasteiger partial charge in [-0.05, 0) is 42.8 Å². The summed E-state index contributed by atoms with van der Waals surface area (Å²) in [6, 6.07) is 12.2. The molecule has 28 heavy (non-hydrogen) atoms. The molecule has 146 valence electrons. The summed E-state index contributed by atoms with van der Waals surface area (Å²) in [5.74, 6) is -0.641. The minimum atomic E-state index is -0.763. The second-order valence-corrected chi connectivity index (χ2v) is 6.77. The van der Waals surface area contributed by atoms with Crippen LogP contribution in [-0.4, -0.2) is 19.2 Å². The van der Waals surface area contributed by atoms with Gasteiger partial charge in [0.15, 0.2) is 6.29 Å². The van der Waals surface area contributed by atoms with E-state index in [4.69, 9.17) is 19.5 Å². The molecule has 1 saturated heterocycles. The van der Waals surface area contributed by atoms with Crippen LogP contribution in [0.3, 0.4) is 0 Å². The molecule has 2 aromatic carbocycles. The van der Waals surface area contributed by atoms with Gasteiger partial charge in [0.25, 0.3) is 0 Å². The van der Waals surface area contributed by atoms with E-state index in [-0.39, 0.29) is 16.9 Å². The monoisotopic (exact) mass is 383 g/mol. The number of esters is 1. The lowest BCUT2D eigenvalue weighted by molar-refractivity contribution is -0.207. The van der Waals surface area contributed by atoms with Crippen molar-refractivity contribution in [1.82, 2.24) is 0 Å². The van der Waals surface area contributed by atoms with Crippen LogP contribution >= 0.6 is 0 Å². The quantitative estimate of drug-likeness (QED) is 0.531. The van der Waals surface area contributed by atoms with Crippen LogP contribution in [0.2, 0.25) is 0 Å². The van der Waals surface area contributed by atoms with E-state index in [9.17, 15) is 9.18 Å². The molecule has 1 heterocycles. The van der Waals surface area contributed by atoms with Crippen LogP contribution in [0.25, 0.3) is 0 Å². The minimum Gasteiger partial charge on any atom is -0.423 e. The molecule has 0 unspecified atom stereocenters. The highest BCUT2D eigenvalue weighted by atomic mass is 19.1. The highest BCUT2D eigenvalue weighted by molar-refractivity contribution is 5.91. The van der Waals surface area contributed by atoms with Gasteiger partial charge in [-0.1, -0.05) is 25.8 Å². The predicted octanol–water partition coefficient (Wildman–Crippen LogP) is 4.77. The van der Waals surface area contributed by atoms with E-state index < -0.39 is 18.1 Å². The number of benzene rings is 2. The average molecular weight is 383 g/mol. The molecule has 0 aromatic heterocycles. The first kappa shape index (κ1) is 20.0. The Labute approximate surface area is 163 Å². The smallest absolute Gasteiger partial charge is 0.343 e. The number of nitrogens with zero attached hydrogens (tertiary/aromatic N) is 1. The van der Waals surface area contributed by atoms with E-state index in [0.29, 0.717) is 24.7 Å². The lowest BCUT2D eigenvalue weighted by atomic mass is 10.0. The topological polar surface area (TPSA) is 68.5 Å². The van der Waals surface area contributed by atoms with Gasteiger partial charge >= 0.3 is 5.97 Å². The molecule has 0 saturated carbocycles. The van der Waals surface area contributed by atoms with Gasteiger partial charge in [-0.3, -0.25) is 0 Å². The Hall–Kier alpha value is -2.75. The van der Waals surface area contributed by atoms with Gasteiger partial charge in [-0.15, -0.1) is 0 Å². The molecular formula is C22H22FNO4. The van der Waals surface area contributed by atoms with E-state index in [0.717, 1.165) is 25.3 Å². The van der Waals surface area contributed by atoms with Gasteiger partial charge in [0.2, 0.25) is 0 Å². The minimum absolute atomic E-state index is 0.0854. The fourth-order valence-electron chi connectivity index (χ4n) is 2.99. The molecule has 6 heteroatoms. The van der Waals surface area contributed by atoms with Crippen molar-refractivity contribution in [1.29, 1.82) is 5.26 Å². The molecule has 1 aliphatic heterocycles. The number of nitriles is 1. The van der Waals surface area contributed by atoms with Crippen molar-refractivity contribution in [3.05, 3.63) is 65.0 Å². The first-order valence-electron chi connectivity index (χ1n) is 9.35. The van der Waals surface area contributed by atoms with Crippen molar-refractivity contribution < 1.29 is 23.4 Å². The van der Waals surface area contributed by atoms with Crippen LogP contribution in [0.4, 0.5) is 4.39 Å². The van der Waals surface area contributed by atoms with Crippen LogP contribution in [-0.2, 0) is 9.47 Å². The van der Waals surface area contributed by atoms with Gasteiger partial charge in [0.1, 0.15) is 11.6 Å². The highest BCUT2D eigenvalue weighted by Crippen LogP contribution is 2.29. The molecule has 3 rings (SSSR count). The number of ether oxygens (including phenoxy) is 3. The lowest BCUT2D eigenvalue weighted by Crippen LogP contribution is -2.27. The summed E-state index contributed by atoms with van der Waals surface area (Å²) in [5.41, 5.74) is 0.811. The fraction of sp³-hybridized carbons (Fsp3) is 0.364. The standard InChI is InChI=1S/C22H22FNO4/c1-2-3-4-16-13-26-22(27-14-16)19-10-7-17(11-20(19)23)21(25)28-18-8-5-15(12-24)6-9-18/h5-11,16,22H,2-4,13-14H2,1H3. The van der Waals surface area contributed by atoms with Crippen LogP contribution in [0.15, 0.2) is 42.5 Å². The zero-order valence-electron chi connectivity index (χ0n) is 15.7. The van der Waals surface area contributed by atoms with Crippen LogP contribution in [0.1, 0.15) is 54.0 Å². The number of carbonyl (C=O) groups is 1. The fourth-order valence-corrected chi connectivity index (χ4v) is 2.99. The number of hydrogen-bond donors (Lipinski definition) is 0. The summed E-state index contributed by atoms with van der Waals surface area (Å²) in [4.78, 5) is 12.2. The van der Waals surface area contributed by atoms with Crippen molar-refractivity contribution in [3.8, 4) is 11.8 Å². The van der Waals surface area contributed by atoms with Crippen LogP contribution in [0.5, 0.6) is 5.75 Å². The normalized spacial score (nSPS) is 19.0. The Kier molecular flexibility index (Phi) is 6.75. The molecule has 0 aliphatic carbocycles. The average Bonchev–Trinajstić information content (AvgIpc) is 2.73. The Morgan fingerprint density at radius 1 is 1.21 bits per heavy atom. The van der Waals surface area contributed by atoms with Gasteiger partial charge in [0.05, 0.1) is 30.4 Å². The second-order valence-electron chi connectivity index (χ2n) is 6.77. The molecule has 1 fully saturated rings. The molecule has 5 nitrogen and oxygen atoms in total. The van der Waals surface area contributed by atoms with E-state index in [1.807, 2.05) is 6.07 Å². The number of halogens is 1. The van der Waals surface area contributed by atoms with E-state index in [1.165, 1.54) is 36.4 Å². The number of unbranched alkanes of at least 4 members (excludes halogenated alkanes) is 1. The molecule has 0 amide bonds. The van der Waals surface area contributed by atoms with E-state index in [2.05, 4.69) is 6.92 Å². The molecule has 0 bridgehead atoms. The molecule has 0 radical (unpaired) electrons. The SMILES string of the molecule is CCCCC1COC(c2ccc(C(=O)Oc3ccc(C#N)cc3)cc2F)OC1. The third-order valence-electron chi connectivity index (χ3n) is 4.62. The Balaban J connectivity index is 1.62. The first-order chi connectivity index (χ1) is 13.6. The highest BCUT2D eigenvalue weighted by Gasteiger charge is 2.26. The van der Waals surface area contributed by atoms with Crippen molar-refractivity contribution in [2.45, 2.75) is 32.5 Å². The maximum Gasteiger partial charge on any atom is 0.343 e. The Morgan fingerprint density at radius 3 is 2.54 bits per heavy atom. The Bertz CT molecular complexity index is 852. The number of hydrogen-bond acceptors (Lipinski definition) is 5. The predicted molar refractivity (Wildman–Crippen MR) is 100 cm³/mol. The van der Waals surface area contributed by atoms with Gasteiger partial charge in [-0.2, -0.15) is 5.26 Å². The third kappa shape index (κ3) is 4.94. The van der Waals surface area contributed by atoms with Crippen molar-refractivity contribution in [3.63, 3.8) is 0 Å². The Morgan fingerprint density at radius 2 is 1.93 bits per heavy atom. The summed E-state index contributed by atoms with van der Waals surface area (Å²) in [7, 11) is 0. The van der Waals surface area contributed by atoms with Crippen molar-refractivity contribution in [2.75, 3.05) is 13.2 Å². The maximum atomic E-state index is 14.5. The molecule has 0 N–H and O–H groups in total. The summed E-state index contributed by atoms with van der Waals surface area (Å²) >= 11 is 0.